The highest BCUT2D eigenvalue weighted by Gasteiger charge is 2.19. The van der Waals surface area contributed by atoms with Crippen molar-refractivity contribution in [2.24, 2.45) is 0 Å². The summed E-state index contributed by atoms with van der Waals surface area (Å²) in [4.78, 5) is 17.9. The molecule has 2 aromatic heterocycles. The van der Waals surface area contributed by atoms with Gasteiger partial charge in [0.2, 0.25) is 5.56 Å². The fraction of sp³-hybridized carbons (Fsp3) is 0.333. The minimum Gasteiger partial charge on any atom is -0.327 e. The third-order valence-electron chi connectivity index (χ3n) is 3.19. The molecule has 2 heterocycles. The van der Waals surface area contributed by atoms with Crippen molar-refractivity contribution in [2.75, 3.05) is 4.72 Å². The molecule has 2 aromatic rings. The molecule has 2 N–H and O–H groups in total. The van der Waals surface area contributed by atoms with E-state index in [9.17, 15) is 13.2 Å². The molecule has 0 saturated heterocycles. The van der Waals surface area contributed by atoms with Crippen molar-refractivity contribution in [3.63, 3.8) is 0 Å². The lowest BCUT2D eigenvalue weighted by atomic mass is 9.92. The summed E-state index contributed by atoms with van der Waals surface area (Å²) in [5.74, 6) is 0. The Balaban J connectivity index is 2.32. The highest BCUT2D eigenvalue weighted by atomic mass is 32.2. The zero-order valence-corrected chi connectivity index (χ0v) is 13.8. The lowest BCUT2D eigenvalue weighted by Crippen LogP contribution is -2.18. The highest BCUT2D eigenvalue weighted by Crippen LogP contribution is 2.22. The number of hydrogen-bond acceptors (Lipinski definition) is 4. The van der Waals surface area contributed by atoms with E-state index in [2.05, 4.69) is 14.7 Å². The molecule has 118 valence electrons. The number of nitrogens with zero attached hydrogens (tertiary/aromatic N) is 1. The SMILES string of the molecule is Cc1cc(=O)[nH]cc1NS(=O)(=O)c1ccc(C(C)(C)C)nc1. The molecule has 0 saturated carbocycles. The second kappa shape index (κ2) is 5.57. The van der Waals surface area contributed by atoms with Gasteiger partial charge in [0.25, 0.3) is 10.0 Å². The van der Waals surface area contributed by atoms with Gasteiger partial charge in [-0.1, -0.05) is 20.8 Å². The molecule has 0 aliphatic carbocycles. The summed E-state index contributed by atoms with van der Waals surface area (Å²) in [5, 5.41) is 0. The van der Waals surface area contributed by atoms with Crippen molar-refractivity contribution in [1.29, 1.82) is 0 Å². The molecule has 0 bridgehead atoms. The predicted molar refractivity (Wildman–Crippen MR) is 85.5 cm³/mol. The number of aryl methyl sites for hydroxylation is 1. The third-order valence-corrected chi connectivity index (χ3v) is 4.54. The quantitative estimate of drug-likeness (QED) is 0.906. The van der Waals surface area contributed by atoms with Gasteiger partial charge in [0.1, 0.15) is 4.90 Å². The van der Waals surface area contributed by atoms with Gasteiger partial charge in [-0.2, -0.15) is 0 Å². The third kappa shape index (κ3) is 3.54. The molecule has 0 aromatic carbocycles. The predicted octanol–water partition coefficient (Wildman–Crippen LogP) is 2.18. The number of aromatic amines is 1. The van der Waals surface area contributed by atoms with E-state index in [1.54, 1.807) is 13.0 Å². The second-order valence-electron chi connectivity index (χ2n) is 6.13. The van der Waals surface area contributed by atoms with Crippen LogP contribution in [0, 0.1) is 6.92 Å². The maximum Gasteiger partial charge on any atom is 0.263 e. The lowest BCUT2D eigenvalue weighted by molar-refractivity contribution is 0.566. The number of aromatic nitrogens is 2. The number of nitrogens with one attached hydrogen (secondary N) is 2. The van der Waals surface area contributed by atoms with Crippen molar-refractivity contribution in [2.45, 2.75) is 38.0 Å². The monoisotopic (exact) mass is 321 g/mol. The molecular formula is C15H19N3O3S. The molecule has 2 rings (SSSR count). The maximum atomic E-state index is 12.4. The van der Waals surface area contributed by atoms with E-state index < -0.39 is 10.0 Å². The van der Waals surface area contributed by atoms with Crippen LogP contribution in [-0.2, 0) is 15.4 Å². The molecule has 6 nitrogen and oxygen atoms in total. The average Bonchev–Trinajstić information content (AvgIpc) is 2.41. The van der Waals surface area contributed by atoms with Crippen molar-refractivity contribution in [3.8, 4) is 0 Å². The zero-order valence-electron chi connectivity index (χ0n) is 13.0. The molecule has 0 aliphatic heterocycles. The Morgan fingerprint density at radius 1 is 1.23 bits per heavy atom. The Hall–Kier alpha value is -2.15. The Labute approximate surface area is 129 Å². The molecule has 0 spiro atoms. The van der Waals surface area contributed by atoms with E-state index in [0.717, 1.165) is 5.69 Å². The first-order valence-corrected chi connectivity index (χ1v) is 8.26. The first-order chi connectivity index (χ1) is 10.1. The first-order valence-electron chi connectivity index (χ1n) is 6.78. The number of rotatable bonds is 3. The standard InChI is InChI=1S/C15H19N3O3S/c1-10-7-14(19)17-9-12(10)18-22(20,21)11-5-6-13(16-8-11)15(2,3)4/h5-9,18H,1-4H3,(H,17,19). The van der Waals surface area contributed by atoms with E-state index in [4.69, 9.17) is 0 Å². The molecular weight excluding hydrogens is 302 g/mol. The molecule has 0 amide bonds. The summed E-state index contributed by atoms with van der Waals surface area (Å²) in [6.45, 7) is 7.68. The Morgan fingerprint density at radius 3 is 2.41 bits per heavy atom. The van der Waals surface area contributed by atoms with Gasteiger partial charge in [-0.3, -0.25) is 14.5 Å². The van der Waals surface area contributed by atoms with Crippen molar-refractivity contribution < 1.29 is 8.42 Å². The molecule has 22 heavy (non-hydrogen) atoms. The van der Waals surface area contributed by atoms with Crippen LogP contribution < -0.4 is 10.3 Å². The Kier molecular flexibility index (Phi) is 4.10. The van der Waals surface area contributed by atoms with Crippen LogP contribution >= 0.6 is 0 Å². The van der Waals surface area contributed by atoms with Crippen molar-refractivity contribution in [1.82, 2.24) is 9.97 Å². The van der Waals surface area contributed by atoms with Crippen LogP contribution in [0.4, 0.5) is 5.69 Å². The van der Waals surface area contributed by atoms with Gasteiger partial charge < -0.3 is 4.98 Å². The molecule has 0 atom stereocenters. The fourth-order valence-corrected chi connectivity index (χ4v) is 2.94. The summed E-state index contributed by atoms with van der Waals surface area (Å²) in [7, 11) is -3.75. The number of anilines is 1. The van der Waals surface area contributed by atoms with Gasteiger partial charge in [-0.05, 0) is 24.6 Å². The summed E-state index contributed by atoms with van der Waals surface area (Å²) < 4.78 is 27.2. The molecule has 0 radical (unpaired) electrons. The van der Waals surface area contributed by atoms with Crippen molar-refractivity contribution in [3.05, 3.63) is 52.2 Å². The fourth-order valence-electron chi connectivity index (χ4n) is 1.87. The van der Waals surface area contributed by atoms with E-state index in [-0.39, 0.29) is 15.9 Å². The highest BCUT2D eigenvalue weighted by molar-refractivity contribution is 7.92. The number of pyridine rings is 2. The second-order valence-corrected chi connectivity index (χ2v) is 7.81. The smallest absolute Gasteiger partial charge is 0.263 e. The lowest BCUT2D eigenvalue weighted by Gasteiger charge is -2.17. The van der Waals surface area contributed by atoms with Gasteiger partial charge in [0, 0.05) is 29.6 Å². The average molecular weight is 321 g/mol. The molecule has 0 fully saturated rings. The Bertz CT molecular complexity index is 832. The molecule has 0 aliphatic rings. The normalized spacial score (nSPS) is 12.2. The molecule has 7 heteroatoms. The van der Waals surface area contributed by atoms with Gasteiger partial charge in [0.15, 0.2) is 0 Å². The van der Waals surface area contributed by atoms with E-state index in [1.165, 1.54) is 24.5 Å². The van der Waals surface area contributed by atoms with Crippen LogP contribution in [-0.4, -0.2) is 18.4 Å². The van der Waals surface area contributed by atoms with E-state index >= 15 is 0 Å². The van der Waals surface area contributed by atoms with Crippen LogP contribution in [0.15, 0.2) is 40.3 Å². The van der Waals surface area contributed by atoms with E-state index in [1.807, 2.05) is 20.8 Å². The maximum absolute atomic E-state index is 12.4. The van der Waals surface area contributed by atoms with Gasteiger partial charge in [-0.25, -0.2) is 8.42 Å². The van der Waals surface area contributed by atoms with E-state index in [0.29, 0.717) is 11.3 Å². The summed E-state index contributed by atoms with van der Waals surface area (Å²) in [6, 6.07) is 4.56. The minimum absolute atomic E-state index is 0.0751. The van der Waals surface area contributed by atoms with Crippen molar-refractivity contribution >= 4 is 15.7 Å². The van der Waals surface area contributed by atoms with Crippen LogP contribution in [0.25, 0.3) is 0 Å². The number of H-pyrrole nitrogens is 1. The van der Waals surface area contributed by atoms with Gasteiger partial charge in [0.05, 0.1) is 5.69 Å². The summed E-state index contributed by atoms with van der Waals surface area (Å²) >= 11 is 0. The minimum atomic E-state index is -3.75. The molecule has 0 unspecified atom stereocenters. The largest absolute Gasteiger partial charge is 0.327 e. The Morgan fingerprint density at radius 2 is 1.91 bits per heavy atom. The topological polar surface area (TPSA) is 91.9 Å². The van der Waals surface area contributed by atoms with Crippen LogP contribution in [0.5, 0.6) is 0 Å². The van der Waals surface area contributed by atoms with Gasteiger partial charge >= 0.3 is 0 Å². The van der Waals surface area contributed by atoms with Gasteiger partial charge in [-0.15, -0.1) is 0 Å². The summed E-state index contributed by atoms with van der Waals surface area (Å²) in [6.07, 6.45) is 2.68. The van der Waals surface area contributed by atoms with Crippen LogP contribution in [0.2, 0.25) is 0 Å². The summed E-state index contributed by atoms with van der Waals surface area (Å²) in [5.41, 5.74) is 1.26. The van der Waals surface area contributed by atoms with Crippen LogP contribution in [0.3, 0.4) is 0 Å². The number of hydrogen-bond donors (Lipinski definition) is 2. The van der Waals surface area contributed by atoms with Crippen LogP contribution in [0.1, 0.15) is 32.0 Å². The zero-order chi connectivity index (χ0) is 16.5. The first kappa shape index (κ1) is 16.2. The number of sulfonamides is 1.